The summed E-state index contributed by atoms with van der Waals surface area (Å²) in [5, 5.41) is 0. The Labute approximate surface area is 125 Å². The van der Waals surface area contributed by atoms with Crippen molar-refractivity contribution >= 4 is 11.3 Å². The third-order valence-corrected chi connectivity index (χ3v) is 5.64. The van der Waals surface area contributed by atoms with Crippen LogP contribution in [0.15, 0.2) is 30.3 Å². The summed E-state index contributed by atoms with van der Waals surface area (Å²) < 4.78 is 0. The van der Waals surface area contributed by atoms with Gasteiger partial charge in [0.15, 0.2) is 0 Å². The lowest BCUT2D eigenvalue weighted by atomic mass is 9.98. The van der Waals surface area contributed by atoms with Gasteiger partial charge in [-0.3, -0.25) is 0 Å². The lowest BCUT2D eigenvalue weighted by Gasteiger charge is -2.10. The second-order valence-corrected chi connectivity index (χ2v) is 6.95. The Morgan fingerprint density at radius 3 is 2.50 bits per heavy atom. The number of aryl methyl sites for hydroxylation is 3. The maximum Gasteiger partial charge on any atom is 0.0430 e. The van der Waals surface area contributed by atoms with Crippen molar-refractivity contribution in [3.05, 3.63) is 56.8 Å². The summed E-state index contributed by atoms with van der Waals surface area (Å²) in [5.74, 6) is 0. The molecule has 1 aromatic heterocycles. The number of rotatable bonds is 4. The first-order valence-electron chi connectivity index (χ1n) is 7.71. The Morgan fingerprint density at radius 1 is 1.10 bits per heavy atom. The van der Waals surface area contributed by atoms with Crippen LogP contribution in [0.2, 0.25) is 0 Å². The number of fused-ring (bicyclic) bond motifs is 1. The predicted octanol–water partition coefficient (Wildman–Crippen LogP) is 4.43. The van der Waals surface area contributed by atoms with Crippen molar-refractivity contribution in [3.8, 4) is 0 Å². The molecule has 0 spiro atoms. The largest absolute Gasteiger partial charge is 0.323 e. The summed E-state index contributed by atoms with van der Waals surface area (Å²) in [5.41, 5.74) is 10.7. The summed E-state index contributed by atoms with van der Waals surface area (Å²) in [6.07, 6.45) is 7.26. The third-order valence-electron chi connectivity index (χ3n) is 4.27. The van der Waals surface area contributed by atoms with Crippen LogP contribution in [0.5, 0.6) is 0 Å². The molecule has 3 rings (SSSR count). The van der Waals surface area contributed by atoms with E-state index in [0.29, 0.717) is 0 Å². The van der Waals surface area contributed by atoms with Gasteiger partial charge in [0.1, 0.15) is 0 Å². The Balaban J connectivity index is 1.71. The highest BCUT2D eigenvalue weighted by atomic mass is 32.1. The summed E-state index contributed by atoms with van der Waals surface area (Å²) in [6, 6.07) is 11.4. The van der Waals surface area contributed by atoms with E-state index >= 15 is 0 Å². The Hall–Kier alpha value is -1.12. The number of nitrogens with two attached hydrogens (primary N) is 1. The van der Waals surface area contributed by atoms with Gasteiger partial charge in [-0.15, -0.1) is 11.3 Å². The first kappa shape index (κ1) is 13.8. The highest BCUT2D eigenvalue weighted by Gasteiger charge is 2.17. The molecule has 106 valence electrons. The monoisotopic (exact) mass is 285 g/mol. The molecule has 1 aromatic carbocycles. The average molecular weight is 285 g/mol. The molecule has 0 amide bonds. The fraction of sp³-hybridized carbons (Fsp3) is 0.444. The number of benzene rings is 1. The van der Waals surface area contributed by atoms with Gasteiger partial charge in [0, 0.05) is 15.8 Å². The molecule has 0 bridgehead atoms. The maximum atomic E-state index is 6.42. The molecular weight excluding hydrogens is 262 g/mol. The summed E-state index contributed by atoms with van der Waals surface area (Å²) in [6.45, 7) is 2.19. The molecule has 1 aliphatic rings. The molecule has 0 saturated heterocycles. The highest BCUT2D eigenvalue weighted by Crippen LogP contribution is 2.33. The minimum atomic E-state index is 0.151. The lowest BCUT2D eigenvalue weighted by Crippen LogP contribution is -2.11. The molecule has 1 unspecified atom stereocenters. The van der Waals surface area contributed by atoms with E-state index in [0.717, 1.165) is 12.8 Å². The molecule has 2 heteroatoms. The van der Waals surface area contributed by atoms with Crippen molar-refractivity contribution in [1.29, 1.82) is 0 Å². The summed E-state index contributed by atoms with van der Waals surface area (Å²) in [7, 11) is 0. The minimum Gasteiger partial charge on any atom is -0.323 e. The van der Waals surface area contributed by atoms with Gasteiger partial charge in [-0.2, -0.15) is 0 Å². The van der Waals surface area contributed by atoms with Gasteiger partial charge in [0.2, 0.25) is 0 Å². The topological polar surface area (TPSA) is 26.0 Å². The van der Waals surface area contributed by atoms with Crippen LogP contribution in [0, 0.1) is 0 Å². The van der Waals surface area contributed by atoms with E-state index in [1.165, 1.54) is 41.7 Å². The molecule has 2 aromatic rings. The highest BCUT2D eigenvalue weighted by molar-refractivity contribution is 7.12. The average Bonchev–Trinajstić information content (AvgIpc) is 2.92. The standard InChI is InChI=1S/C18H23NS/c1-2-13-7-9-14(10-8-13)11-16(19)18-12-15-5-3-4-6-17(15)20-18/h7-10,12,16H,2-6,11,19H2,1H3. The zero-order chi connectivity index (χ0) is 13.9. The van der Waals surface area contributed by atoms with Crippen LogP contribution in [-0.4, -0.2) is 0 Å². The van der Waals surface area contributed by atoms with E-state index in [2.05, 4.69) is 37.3 Å². The van der Waals surface area contributed by atoms with Gasteiger partial charge in [0.25, 0.3) is 0 Å². The summed E-state index contributed by atoms with van der Waals surface area (Å²) >= 11 is 1.95. The van der Waals surface area contributed by atoms with E-state index in [-0.39, 0.29) is 6.04 Å². The van der Waals surface area contributed by atoms with Crippen LogP contribution in [0.1, 0.15) is 52.3 Å². The predicted molar refractivity (Wildman–Crippen MR) is 87.4 cm³/mol. The first-order valence-corrected chi connectivity index (χ1v) is 8.53. The number of hydrogen-bond donors (Lipinski definition) is 1. The Morgan fingerprint density at radius 2 is 1.80 bits per heavy atom. The SMILES string of the molecule is CCc1ccc(CC(N)c2cc3c(s2)CCCC3)cc1. The van der Waals surface area contributed by atoms with Crippen LogP contribution in [0.4, 0.5) is 0 Å². The zero-order valence-corrected chi connectivity index (χ0v) is 13.0. The molecule has 2 N–H and O–H groups in total. The maximum absolute atomic E-state index is 6.42. The smallest absolute Gasteiger partial charge is 0.0430 e. The molecular formula is C18H23NS. The summed E-state index contributed by atoms with van der Waals surface area (Å²) in [4.78, 5) is 2.96. The fourth-order valence-corrected chi connectivity index (χ4v) is 4.22. The van der Waals surface area contributed by atoms with Crippen molar-refractivity contribution in [2.24, 2.45) is 5.73 Å². The van der Waals surface area contributed by atoms with E-state index in [1.807, 2.05) is 11.3 Å². The second kappa shape index (κ2) is 6.11. The van der Waals surface area contributed by atoms with Crippen LogP contribution < -0.4 is 5.73 Å². The van der Waals surface area contributed by atoms with Crippen molar-refractivity contribution in [1.82, 2.24) is 0 Å². The van der Waals surface area contributed by atoms with Crippen molar-refractivity contribution in [2.45, 2.75) is 51.5 Å². The molecule has 1 aliphatic carbocycles. The Bertz CT molecular complexity index is 544. The minimum absolute atomic E-state index is 0.151. The van der Waals surface area contributed by atoms with Gasteiger partial charge in [0.05, 0.1) is 0 Å². The van der Waals surface area contributed by atoms with Crippen LogP contribution >= 0.6 is 11.3 Å². The third kappa shape index (κ3) is 2.97. The fourth-order valence-electron chi connectivity index (χ4n) is 2.96. The van der Waals surface area contributed by atoms with Crippen LogP contribution in [0.3, 0.4) is 0 Å². The molecule has 0 saturated carbocycles. The lowest BCUT2D eigenvalue weighted by molar-refractivity contribution is 0.695. The first-order chi connectivity index (χ1) is 9.76. The van der Waals surface area contributed by atoms with E-state index in [1.54, 1.807) is 10.4 Å². The van der Waals surface area contributed by atoms with Gasteiger partial charge in [-0.25, -0.2) is 0 Å². The molecule has 0 aliphatic heterocycles. The number of hydrogen-bond acceptors (Lipinski definition) is 2. The quantitative estimate of drug-likeness (QED) is 0.883. The molecule has 20 heavy (non-hydrogen) atoms. The van der Waals surface area contributed by atoms with E-state index in [4.69, 9.17) is 5.73 Å². The number of thiophene rings is 1. The van der Waals surface area contributed by atoms with Gasteiger partial charge >= 0.3 is 0 Å². The zero-order valence-electron chi connectivity index (χ0n) is 12.2. The van der Waals surface area contributed by atoms with Crippen molar-refractivity contribution < 1.29 is 0 Å². The Kier molecular flexibility index (Phi) is 4.23. The van der Waals surface area contributed by atoms with Gasteiger partial charge in [-0.05, 0) is 61.3 Å². The van der Waals surface area contributed by atoms with Crippen LogP contribution in [-0.2, 0) is 25.7 Å². The molecule has 0 fully saturated rings. The van der Waals surface area contributed by atoms with Crippen molar-refractivity contribution in [2.75, 3.05) is 0 Å². The van der Waals surface area contributed by atoms with E-state index < -0.39 is 0 Å². The van der Waals surface area contributed by atoms with Gasteiger partial charge < -0.3 is 5.73 Å². The normalized spacial score (nSPS) is 15.9. The van der Waals surface area contributed by atoms with E-state index in [9.17, 15) is 0 Å². The van der Waals surface area contributed by atoms with Crippen LogP contribution in [0.25, 0.3) is 0 Å². The molecule has 1 heterocycles. The molecule has 1 atom stereocenters. The van der Waals surface area contributed by atoms with Crippen molar-refractivity contribution in [3.63, 3.8) is 0 Å². The second-order valence-electron chi connectivity index (χ2n) is 5.78. The van der Waals surface area contributed by atoms with Gasteiger partial charge in [-0.1, -0.05) is 31.2 Å². The molecule has 1 nitrogen and oxygen atoms in total. The molecule has 0 radical (unpaired) electrons.